The molecule has 0 amide bonds. The van der Waals surface area contributed by atoms with Crippen molar-refractivity contribution in [3.63, 3.8) is 0 Å². The molecule has 3 rings (SSSR count). The Morgan fingerprint density at radius 3 is 2.75 bits per heavy atom. The van der Waals surface area contributed by atoms with Gasteiger partial charge in [0.2, 0.25) is 0 Å². The summed E-state index contributed by atoms with van der Waals surface area (Å²) in [6, 6.07) is 7.53. The first kappa shape index (κ1) is 14.4. The van der Waals surface area contributed by atoms with Gasteiger partial charge in [-0.05, 0) is 56.3 Å². The highest BCUT2D eigenvalue weighted by Gasteiger charge is 2.34. The minimum atomic E-state index is 0.780. The van der Waals surface area contributed by atoms with Crippen molar-refractivity contribution in [3.8, 4) is 0 Å². The topological polar surface area (TPSA) is 15.3 Å². The van der Waals surface area contributed by atoms with Gasteiger partial charge in [-0.25, -0.2) is 0 Å². The lowest BCUT2D eigenvalue weighted by Crippen LogP contribution is -2.35. The second-order valence-corrected chi connectivity index (χ2v) is 7.17. The predicted molar refractivity (Wildman–Crippen MR) is 89.2 cm³/mol. The normalized spacial score (nSPS) is 23.7. The highest BCUT2D eigenvalue weighted by Crippen LogP contribution is 2.39. The van der Waals surface area contributed by atoms with Crippen molar-refractivity contribution in [2.75, 3.05) is 18.5 Å². The Labute approximate surface area is 131 Å². The van der Waals surface area contributed by atoms with Crippen LogP contribution in [0.25, 0.3) is 0 Å². The summed E-state index contributed by atoms with van der Waals surface area (Å²) < 4.78 is 1.20. The molecule has 110 valence electrons. The molecule has 2 aliphatic rings. The first-order chi connectivity index (χ1) is 9.79. The molecule has 1 aliphatic carbocycles. The van der Waals surface area contributed by atoms with E-state index in [4.69, 9.17) is 0 Å². The van der Waals surface area contributed by atoms with Gasteiger partial charge in [0.25, 0.3) is 0 Å². The van der Waals surface area contributed by atoms with Crippen LogP contribution in [0.2, 0.25) is 0 Å². The smallest absolute Gasteiger partial charge is 0.0425 e. The van der Waals surface area contributed by atoms with Crippen molar-refractivity contribution in [1.82, 2.24) is 5.32 Å². The molecule has 0 spiro atoms. The van der Waals surface area contributed by atoms with E-state index in [0.29, 0.717) is 0 Å². The van der Waals surface area contributed by atoms with Gasteiger partial charge in [0.15, 0.2) is 0 Å². The fraction of sp³-hybridized carbons (Fsp3) is 0.647. The molecule has 1 N–H and O–H groups in total. The van der Waals surface area contributed by atoms with E-state index < -0.39 is 0 Å². The molecule has 2 fully saturated rings. The number of benzene rings is 1. The van der Waals surface area contributed by atoms with Crippen molar-refractivity contribution in [1.29, 1.82) is 0 Å². The summed E-state index contributed by atoms with van der Waals surface area (Å²) in [5.74, 6) is 0.930. The molecule has 1 aliphatic heterocycles. The van der Waals surface area contributed by atoms with Gasteiger partial charge >= 0.3 is 0 Å². The molecule has 1 heterocycles. The fourth-order valence-corrected chi connectivity index (χ4v) is 4.42. The molecule has 1 saturated heterocycles. The van der Waals surface area contributed by atoms with E-state index in [9.17, 15) is 0 Å². The molecule has 0 bridgehead atoms. The van der Waals surface area contributed by atoms with Crippen molar-refractivity contribution in [2.24, 2.45) is 5.92 Å². The Morgan fingerprint density at radius 2 is 2.00 bits per heavy atom. The lowest BCUT2D eigenvalue weighted by Gasteiger charge is -2.33. The van der Waals surface area contributed by atoms with Gasteiger partial charge in [0.1, 0.15) is 0 Å². The SMILES string of the molecule is CNCc1ccc(Br)cc1N1CCCC1C1CCCC1. The van der Waals surface area contributed by atoms with Crippen LogP contribution in [0.1, 0.15) is 44.1 Å². The number of rotatable bonds is 4. The molecule has 0 aromatic heterocycles. The molecule has 0 radical (unpaired) electrons. The summed E-state index contributed by atoms with van der Waals surface area (Å²) in [6.07, 6.45) is 8.50. The molecule has 2 nitrogen and oxygen atoms in total. The van der Waals surface area contributed by atoms with Crippen LogP contribution >= 0.6 is 15.9 Å². The van der Waals surface area contributed by atoms with Crippen LogP contribution in [0.15, 0.2) is 22.7 Å². The van der Waals surface area contributed by atoms with E-state index in [-0.39, 0.29) is 0 Å². The molecular weight excluding hydrogens is 312 g/mol. The van der Waals surface area contributed by atoms with Crippen LogP contribution in [0.3, 0.4) is 0 Å². The number of nitrogens with one attached hydrogen (secondary N) is 1. The summed E-state index contributed by atoms with van der Waals surface area (Å²) in [7, 11) is 2.03. The van der Waals surface area contributed by atoms with E-state index in [1.54, 1.807) is 0 Å². The Kier molecular flexibility index (Phi) is 4.67. The van der Waals surface area contributed by atoms with Gasteiger partial charge < -0.3 is 10.2 Å². The van der Waals surface area contributed by atoms with Gasteiger partial charge in [-0.3, -0.25) is 0 Å². The average molecular weight is 337 g/mol. The maximum atomic E-state index is 3.65. The highest BCUT2D eigenvalue weighted by molar-refractivity contribution is 9.10. The largest absolute Gasteiger partial charge is 0.368 e. The van der Waals surface area contributed by atoms with Crippen molar-refractivity contribution < 1.29 is 0 Å². The molecule has 20 heavy (non-hydrogen) atoms. The maximum absolute atomic E-state index is 3.65. The van der Waals surface area contributed by atoms with E-state index in [1.807, 2.05) is 7.05 Å². The van der Waals surface area contributed by atoms with Crippen molar-refractivity contribution >= 4 is 21.6 Å². The first-order valence-corrected chi connectivity index (χ1v) is 8.78. The Bertz CT molecular complexity index is 454. The summed E-state index contributed by atoms with van der Waals surface area (Å²) in [5, 5.41) is 3.31. The molecule has 1 unspecified atom stereocenters. The van der Waals surface area contributed by atoms with Crippen molar-refractivity contribution in [3.05, 3.63) is 28.2 Å². The van der Waals surface area contributed by atoms with Crippen LogP contribution in [0, 0.1) is 5.92 Å². The highest BCUT2D eigenvalue weighted by atomic mass is 79.9. The van der Waals surface area contributed by atoms with E-state index in [1.165, 1.54) is 60.8 Å². The van der Waals surface area contributed by atoms with Crippen LogP contribution in [0.4, 0.5) is 5.69 Å². The second-order valence-electron chi connectivity index (χ2n) is 6.25. The summed E-state index contributed by atoms with van der Waals surface area (Å²) in [6.45, 7) is 2.19. The zero-order valence-electron chi connectivity index (χ0n) is 12.4. The molecule has 1 atom stereocenters. The lowest BCUT2D eigenvalue weighted by molar-refractivity contribution is 0.430. The van der Waals surface area contributed by atoms with Crippen LogP contribution < -0.4 is 10.2 Å². The number of hydrogen-bond acceptors (Lipinski definition) is 2. The van der Waals surface area contributed by atoms with E-state index in [2.05, 4.69) is 44.3 Å². The molecule has 1 aromatic rings. The summed E-state index contributed by atoms with van der Waals surface area (Å²) in [5.41, 5.74) is 2.88. The first-order valence-electron chi connectivity index (χ1n) is 7.99. The molecule has 3 heteroatoms. The fourth-order valence-electron chi connectivity index (χ4n) is 4.07. The third-order valence-corrected chi connectivity index (χ3v) is 5.46. The van der Waals surface area contributed by atoms with Gasteiger partial charge in [0, 0.05) is 29.3 Å². The summed E-state index contributed by atoms with van der Waals surface area (Å²) >= 11 is 3.65. The Balaban J connectivity index is 1.88. The minimum absolute atomic E-state index is 0.780. The monoisotopic (exact) mass is 336 g/mol. The molecule has 1 saturated carbocycles. The van der Waals surface area contributed by atoms with Gasteiger partial charge in [-0.2, -0.15) is 0 Å². The van der Waals surface area contributed by atoms with Crippen LogP contribution in [0.5, 0.6) is 0 Å². The average Bonchev–Trinajstić information content (AvgIpc) is 3.10. The zero-order chi connectivity index (χ0) is 13.9. The molecule has 1 aromatic carbocycles. The quantitative estimate of drug-likeness (QED) is 0.880. The van der Waals surface area contributed by atoms with Crippen molar-refractivity contribution in [2.45, 2.75) is 51.1 Å². The van der Waals surface area contributed by atoms with Crippen LogP contribution in [-0.4, -0.2) is 19.6 Å². The number of hydrogen-bond donors (Lipinski definition) is 1. The number of halogens is 1. The lowest BCUT2D eigenvalue weighted by atomic mass is 9.95. The third kappa shape index (κ3) is 2.89. The third-order valence-electron chi connectivity index (χ3n) is 4.97. The minimum Gasteiger partial charge on any atom is -0.368 e. The summed E-state index contributed by atoms with van der Waals surface area (Å²) in [4.78, 5) is 2.70. The van der Waals surface area contributed by atoms with Crippen LogP contribution in [-0.2, 0) is 6.54 Å². The Hall–Kier alpha value is -0.540. The van der Waals surface area contributed by atoms with Gasteiger partial charge in [0.05, 0.1) is 0 Å². The van der Waals surface area contributed by atoms with E-state index >= 15 is 0 Å². The number of nitrogens with zero attached hydrogens (tertiary/aromatic N) is 1. The predicted octanol–water partition coefficient (Wildman–Crippen LogP) is 4.33. The zero-order valence-corrected chi connectivity index (χ0v) is 14.0. The second kappa shape index (κ2) is 6.48. The maximum Gasteiger partial charge on any atom is 0.0425 e. The van der Waals surface area contributed by atoms with Gasteiger partial charge in [-0.15, -0.1) is 0 Å². The Morgan fingerprint density at radius 1 is 1.20 bits per heavy atom. The number of anilines is 1. The molecular formula is C17H25BrN2. The van der Waals surface area contributed by atoms with E-state index in [0.717, 1.165) is 18.5 Å². The standard InChI is InChI=1S/C17H25BrN2/c1-19-12-14-8-9-15(18)11-17(14)20-10-4-7-16(20)13-5-2-3-6-13/h8-9,11,13,16,19H,2-7,10,12H2,1H3. The van der Waals surface area contributed by atoms with Gasteiger partial charge in [-0.1, -0.05) is 34.8 Å².